The molecule has 0 aromatic rings. The van der Waals surface area contributed by atoms with Crippen molar-refractivity contribution >= 4 is 0 Å². The summed E-state index contributed by atoms with van der Waals surface area (Å²) in [5, 5.41) is 0. The highest BCUT2D eigenvalue weighted by Gasteiger charge is 2.56. The van der Waals surface area contributed by atoms with Crippen LogP contribution in [0.4, 0.5) is 0 Å². The molecule has 0 radical (unpaired) electrons. The predicted molar refractivity (Wildman–Crippen MR) is 90.1 cm³/mol. The van der Waals surface area contributed by atoms with Crippen molar-refractivity contribution in [2.45, 2.75) is 85.0 Å². The maximum atomic E-state index is 2.75. The molecule has 0 nitrogen and oxygen atoms in total. The Bertz CT molecular complexity index is 447. The van der Waals surface area contributed by atoms with Gasteiger partial charge in [-0.05, 0) is 79.4 Å². The molecule has 0 spiro atoms. The molecule has 118 valence electrons. The van der Waals surface area contributed by atoms with E-state index in [-0.39, 0.29) is 0 Å². The molecule has 6 atom stereocenters. The molecule has 4 aliphatic carbocycles. The summed E-state index contributed by atoms with van der Waals surface area (Å²) in [6.07, 6.45) is 17.6. The maximum absolute atomic E-state index is 2.75. The van der Waals surface area contributed by atoms with Gasteiger partial charge in [0.15, 0.2) is 0 Å². The molecule has 4 rings (SSSR count). The molecule has 0 saturated heterocycles. The Morgan fingerprint density at radius 3 is 2.57 bits per heavy atom. The van der Waals surface area contributed by atoms with Gasteiger partial charge in [0.25, 0.3) is 0 Å². The van der Waals surface area contributed by atoms with E-state index < -0.39 is 0 Å². The van der Waals surface area contributed by atoms with Crippen LogP contribution in [0, 0.1) is 34.5 Å². The van der Waals surface area contributed by atoms with Crippen LogP contribution in [0.25, 0.3) is 0 Å². The van der Waals surface area contributed by atoms with Gasteiger partial charge in [-0.1, -0.05) is 51.7 Å². The van der Waals surface area contributed by atoms with Gasteiger partial charge >= 0.3 is 0 Å². The lowest BCUT2D eigenvalue weighted by molar-refractivity contribution is -0.00130. The summed E-state index contributed by atoms with van der Waals surface area (Å²) in [4.78, 5) is 0. The smallest absolute Gasteiger partial charge is 0.0143 e. The number of rotatable bonds is 1. The minimum absolute atomic E-state index is 0.648. The van der Waals surface area contributed by atoms with Gasteiger partial charge in [-0.25, -0.2) is 0 Å². The lowest BCUT2D eigenvalue weighted by Crippen LogP contribution is -2.47. The van der Waals surface area contributed by atoms with Gasteiger partial charge in [0.2, 0.25) is 0 Å². The molecular weight excluding hydrogens is 252 g/mol. The monoisotopic (exact) mass is 286 g/mol. The molecule has 3 fully saturated rings. The molecule has 0 amide bonds. The highest BCUT2D eigenvalue weighted by atomic mass is 14.6. The quantitative estimate of drug-likeness (QED) is 0.492. The molecule has 3 saturated carbocycles. The Labute approximate surface area is 131 Å². The molecule has 0 aromatic carbocycles. The first-order valence-corrected chi connectivity index (χ1v) is 9.79. The van der Waals surface area contributed by atoms with Crippen LogP contribution in [0.1, 0.15) is 85.0 Å². The first kappa shape index (κ1) is 14.3. The van der Waals surface area contributed by atoms with Crippen molar-refractivity contribution in [3.05, 3.63) is 11.6 Å². The van der Waals surface area contributed by atoms with E-state index in [1.54, 1.807) is 0 Å². The van der Waals surface area contributed by atoms with Crippen LogP contribution in [0.15, 0.2) is 11.6 Å². The van der Waals surface area contributed by atoms with E-state index in [1.807, 2.05) is 5.57 Å². The predicted octanol–water partition coefficient (Wildman–Crippen LogP) is 6.37. The molecule has 0 heteroatoms. The largest absolute Gasteiger partial charge is 0.0844 e. The molecule has 0 heterocycles. The van der Waals surface area contributed by atoms with Gasteiger partial charge in [-0.2, -0.15) is 0 Å². The molecular formula is C21H34. The van der Waals surface area contributed by atoms with Gasteiger partial charge in [-0.15, -0.1) is 0 Å². The second-order valence-corrected chi connectivity index (χ2v) is 9.22. The summed E-state index contributed by atoms with van der Waals surface area (Å²) in [5.41, 5.74) is 3.25. The van der Waals surface area contributed by atoms with Crippen LogP contribution in [-0.4, -0.2) is 0 Å². The Balaban J connectivity index is 1.69. The Morgan fingerprint density at radius 1 is 0.952 bits per heavy atom. The first-order chi connectivity index (χ1) is 10.1. The normalized spacial score (nSPS) is 52.6. The lowest BCUT2D eigenvalue weighted by Gasteiger charge is -2.57. The van der Waals surface area contributed by atoms with Crippen LogP contribution in [0.3, 0.4) is 0 Å². The van der Waals surface area contributed by atoms with E-state index in [2.05, 4.69) is 26.8 Å². The van der Waals surface area contributed by atoms with Crippen molar-refractivity contribution < 1.29 is 0 Å². The van der Waals surface area contributed by atoms with Crippen LogP contribution in [0.2, 0.25) is 0 Å². The third-order valence-electron chi connectivity index (χ3n) is 8.69. The van der Waals surface area contributed by atoms with Crippen LogP contribution in [0.5, 0.6) is 0 Å². The Morgan fingerprint density at radius 2 is 1.76 bits per heavy atom. The SMILES string of the molecule is CC[C@H]1CC[C@H]2C3=CCC4CCCC[C@]4(C)[C@H]3CC[C@]12C. The van der Waals surface area contributed by atoms with Crippen molar-refractivity contribution in [3.8, 4) is 0 Å². The summed E-state index contributed by atoms with van der Waals surface area (Å²) in [7, 11) is 0. The van der Waals surface area contributed by atoms with Crippen LogP contribution < -0.4 is 0 Å². The topological polar surface area (TPSA) is 0 Å². The zero-order valence-electron chi connectivity index (χ0n) is 14.5. The highest BCUT2D eigenvalue weighted by molar-refractivity contribution is 5.27. The van der Waals surface area contributed by atoms with Crippen molar-refractivity contribution in [1.82, 2.24) is 0 Å². The fraction of sp³-hybridized carbons (Fsp3) is 0.905. The highest BCUT2D eigenvalue weighted by Crippen LogP contribution is 2.66. The maximum Gasteiger partial charge on any atom is -0.0143 e. The van der Waals surface area contributed by atoms with Gasteiger partial charge in [0, 0.05) is 0 Å². The zero-order chi connectivity index (χ0) is 14.7. The summed E-state index contributed by atoms with van der Waals surface area (Å²) in [5.74, 6) is 3.90. The second kappa shape index (κ2) is 4.87. The van der Waals surface area contributed by atoms with Gasteiger partial charge in [0.05, 0.1) is 0 Å². The molecule has 0 aromatic heterocycles. The van der Waals surface area contributed by atoms with Gasteiger partial charge in [-0.3, -0.25) is 0 Å². The number of hydrogen-bond acceptors (Lipinski definition) is 0. The lowest BCUT2D eigenvalue weighted by atomic mass is 9.48. The molecule has 0 aliphatic heterocycles. The third kappa shape index (κ3) is 1.86. The number of allylic oxidation sites excluding steroid dienone is 2. The van der Waals surface area contributed by atoms with E-state index in [9.17, 15) is 0 Å². The Kier molecular flexibility index (Phi) is 3.32. The molecule has 0 bridgehead atoms. The summed E-state index contributed by atoms with van der Waals surface area (Å²) < 4.78 is 0. The summed E-state index contributed by atoms with van der Waals surface area (Å²) >= 11 is 0. The zero-order valence-corrected chi connectivity index (χ0v) is 14.5. The van der Waals surface area contributed by atoms with Crippen molar-refractivity contribution in [2.24, 2.45) is 34.5 Å². The average molecular weight is 287 g/mol. The van der Waals surface area contributed by atoms with Crippen molar-refractivity contribution in [2.75, 3.05) is 0 Å². The second-order valence-electron chi connectivity index (χ2n) is 9.22. The van der Waals surface area contributed by atoms with Crippen LogP contribution >= 0.6 is 0 Å². The van der Waals surface area contributed by atoms with Crippen molar-refractivity contribution in [3.63, 3.8) is 0 Å². The van der Waals surface area contributed by atoms with Crippen LogP contribution in [-0.2, 0) is 0 Å². The summed E-state index contributed by atoms with van der Waals surface area (Å²) in [6, 6.07) is 0. The van der Waals surface area contributed by atoms with E-state index in [4.69, 9.17) is 0 Å². The van der Waals surface area contributed by atoms with Gasteiger partial charge in [0.1, 0.15) is 0 Å². The fourth-order valence-corrected chi connectivity index (χ4v) is 7.32. The summed E-state index contributed by atoms with van der Waals surface area (Å²) in [6.45, 7) is 7.74. The minimum Gasteiger partial charge on any atom is -0.0844 e. The molecule has 1 unspecified atom stereocenters. The van der Waals surface area contributed by atoms with Crippen molar-refractivity contribution in [1.29, 1.82) is 0 Å². The number of hydrogen-bond donors (Lipinski definition) is 0. The molecule has 4 aliphatic rings. The first-order valence-electron chi connectivity index (χ1n) is 9.79. The van der Waals surface area contributed by atoms with E-state index >= 15 is 0 Å². The van der Waals surface area contributed by atoms with Gasteiger partial charge < -0.3 is 0 Å². The Hall–Kier alpha value is -0.260. The fourth-order valence-electron chi connectivity index (χ4n) is 7.32. The van der Waals surface area contributed by atoms with E-state index in [0.717, 1.165) is 23.7 Å². The van der Waals surface area contributed by atoms with E-state index in [1.165, 1.54) is 64.2 Å². The third-order valence-corrected chi connectivity index (χ3v) is 8.69. The minimum atomic E-state index is 0.648. The molecule has 21 heavy (non-hydrogen) atoms. The standard InChI is InChI=1S/C21H34/c1-4-15-9-11-18-17-10-8-16-7-5-6-13-20(16,2)19(17)12-14-21(15,18)3/h10,15-16,18-19H,4-9,11-14H2,1-3H3/t15-,16?,18-,19-,20-,21+/m0/s1. The molecule has 0 N–H and O–H groups in total. The number of fused-ring (bicyclic) bond motifs is 5. The van der Waals surface area contributed by atoms with E-state index in [0.29, 0.717) is 10.8 Å². The average Bonchev–Trinajstić information content (AvgIpc) is 2.83.